The third-order valence-corrected chi connectivity index (χ3v) is 3.00. The minimum Gasteiger partial charge on any atom is -0.355 e. The Morgan fingerprint density at radius 3 is 3.07 bits per heavy atom. The second kappa shape index (κ2) is 3.87. The number of amides is 1. The molecule has 0 aliphatic carbocycles. The van der Waals surface area contributed by atoms with Gasteiger partial charge in [-0.1, -0.05) is 11.6 Å². The van der Waals surface area contributed by atoms with Crippen LogP contribution in [0.2, 0.25) is 5.15 Å². The van der Waals surface area contributed by atoms with Gasteiger partial charge in [0.1, 0.15) is 5.15 Å². The predicted octanol–water partition coefficient (Wildman–Crippen LogP) is 2.10. The maximum absolute atomic E-state index is 11.0. The maximum atomic E-state index is 11.0. The van der Waals surface area contributed by atoms with Crippen molar-refractivity contribution in [2.45, 2.75) is 12.3 Å². The molecule has 1 aromatic rings. The normalized spacial score (nSPS) is 21.0. The zero-order chi connectivity index (χ0) is 10.1. The van der Waals surface area contributed by atoms with Crippen molar-refractivity contribution in [2.24, 2.45) is 0 Å². The third-order valence-electron chi connectivity index (χ3n) is 2.25. The van der Waals surface area contributed by atoms with Gasteiger partial charge in [0, 0.05) is 29.6 Å². The van der Waals surface area contributed by atoms with E-state index in [4.69, 9.17) is 11.6 Å². The van der Waals surface area contributed by atoms with Crippen molar-refractivity contribution in [1.29, 1.82) is 0 Å². The summed E-state index contributed by atoms with van der Waals surface area (Å²) in [7, 11) is 0. The van der Waals surface area contributed by atoms with E-state index in [1.165, 1.54) is 0 Å². The summed E-state index contributed by atoms with van der Waals surface area (Å²) in [6.07, 6.45) is 2.15. The standard InChI is InChI=1S/C9H8BrClN2O/c10-6-2-7(9(11)13-4-6)5-1-8(14)12-3-5/h2,4-5H,1,3H2,(H,12,14). The van der Waals surface area contributed by atoms with Gasteiger partial charge in [-0.3, -0.25) is 4.79 Å². The molecular formula is C9H8BrClN2O. The second-order valence-electron chi connectivity index (χ2n) is 3.24. The van der Waals surface area contributed by atoms with Crippen molar-refractivity contribution < 1.29 is 4.79 Å². The molecule has 0 saturated carbocycles. The van der Waals surface area contributed by atoms with E-state index in [-0.39, 0.29) is 11.8 Å². The fourth-order valence-corrected chi connectivity index (χ4v) is 2.16. The van der Waals surface area contributed by atoms with E-state index in [2.05, 4.69) is 26.2 Å². The van der Waals surface area contributed by atoms with Crippen LogP contribution in [0.4, 0.5) is 0 Å². The van der Waals surface area contributed by atoms with Crippen LogP contribution in [0.5, 0.6) is 0 Å². The first-order valence-electron chi connectivity index (χ1n) is 4.24. The van der Waals surface area contributed by atoms with Crippen LogP contribution in [0.15, 0.2) is 16.7 Å². The Kier molecular flexibility index (Phi) is 2.74. The minimum absolute atomic E-state index is 0.0750. The Bertz CT molecular complexity index is 383. The molecule has 1 aliphatic heterocycles. The van der Waals surface area contributed by atoms with E-state index in [1.54, 1.807) is 6.20 Å². The molecule has 2 rings (SSSR count). The summed E-state index contributed by atoms with van der Waals surface area (Å²) < 4.78 is 0.885. The number of pyridine rings is 1. The van der Waals surface area contributed by atoms with E-state index in [1.807, 2.05) is 6.07 Å². The molecule has 0 radical (unpaired) electrons. The molecule has 1 unspecified atom stereocenters. The lowest BCUT2D eigenvalue weighted by atomic mass is 10.0. The largest absolute Gasteiger partial charge is 0.355 e. The predicted molar refractivity (Wildman–Crippen MR) is 57.3 cm³/mol. The van der Waals surface area contributed by atoms with Crippen LogP contribution in [0, 0.1) is 0 Å². The van der Waals surface area contributed by atoms with E-state index in [0.29, 0.717) is 18.1 Å². The lowest BCUT2D eigenvalue weighted by Gasteiger charge is -2.09. The molecule has 1 aromatic heterocycles. The van der Waals surface area contributed by atoms with Crippen molar-refractivity contribution in [1.82, 2.24) is 10.3 Å². The molecule has 2 heterocycles. The molecular weight excluding hydrogens is 267 g/mol. The minimum atomic E-state index is 0.0750. The van der Waals surface area contributed by atoms with E-state index in [0.717, 1.165) is 10.0 Å². The molecule has 1 saturated heterocycles. The fraction of sp³-hybridized carbons (Fsp3) is 0.333. The van der Waals surface area contributed by atoms with Gasteiger partial charge in [-0.05, 0) is 27.6 Å². The van der Waals surface area contributed by atoms with Crippen LogP contribution >= 0.6 is 27.5 Å². The molecule has 1 fully saturated rings. The number of nitrogens with one attached hydrogen (secondary N) is 1. The van der Waals surface area contributed by atoms with E-state index >= 15 is 0 Å². The third kappa shape index (κ3) is 1.91. The number of hydrogen-bond acceptors (Lipinski definition) is 2. The lowest BCUT2D eigenvalue weighted by molar-refractivity contribution is -0.119. The average Bonchev–Trinajstić information content (AvgIpc) is 2.56. The molecule has 1 aliphatic rings. The van der Waals surface area contributed by atoms with Gasteiger partial charge in [-0.2, -0.15) is 0 Å². The highest BCUT2D eigenvalue weighted by molar-refractivity contribution is 9.10. The van der Waals surface area contributed by atoms with Crippen LogP contribution in [-0.4, -0.2) is 17.4 Å². The topological polar surface area (TPSA) is 42.0 Å². The summed E-state index contributed by atoms with van der Waals surface area (Å²) in [5.74, 6) is 0.228. The maximum Gasteiger partial charge on any atom is 0.220 e. The van der Waals surface area contributed by atoms with Gasteiger partial charge in [0.25, 0.3) is 0 Å². The molecule has 3 nitrogen and oxygen atoms in total. The number of rotatable bonds is 1. The van der Waals surface area contributed by atoms with Crippen LogP contribution < -0.4 is 5.32 Å². The van der Waals surface area contributed by atoms with Crippen molar-refractivity contribution in [3.63, 3.8) is 0 Å². The van der Waals surface area contributed by atoms with Crippen LogP contribution in [0.3, 0.4) is 0 Å². The van der Waals surface area contributed by atoms with Gasteiger partial charge in [0.2, 0.25) is 5.91 Å². The molecule has 0 bridgehead atoms. The highest BCUT2D eigenvalue weighted by Crippen LogP contribution is 2.29. The second-order valence-corrected chi connectivity index (χ2v) is 4.51. The highest BCUT2D eigenvalue weighted by atomic mass is 79.9. The van der Waals surface area contributed by atoms with Crippen molar-refractivity contribution in [2.75, 3.05) is 6.54 Å². The summed E-state index contributed by atoms with van der Waals surface area (Å²) in [6, 6.07) is 1.92. The first-order chi connectivity index (χ1) is 6.66. The molecule has 1 atom stereocenters. The van der Waals surface area contributed by atoms with Gasteiger partial charge >= 0.3 is 0 Å². The quantitative estimate of drug-likeness (QED) is 0.798. The van der Waals surface area contributed by atoms with Crippen molar-refractivity contribution in [3.8, 4) is 0 Å². The molecule has 14 heavy (non-hydrogen) atoms. The van der Waals surface area contributed by atoms with Gasteiger partial charge in [-0.15, -0.1) is 0 Å². The summed E-state index contributed by atoms with van der Waals surface area (Å²) in [5, 5.41) is 3.26. The number of halogens is 2. The molecule has 0 spiro atoms. The van der Waals surface area contributed by atoms with Crippen LogP contribution in [-0.2, 0) is 4.79 Å². The van der Waals surface area contributed by atoms with Gasteiger partial charge in [-0.25, -0.2) is 4.98 Å². The summed E-state index contributed by atoms with van der Waals surface area (Å²) in [5.41, 5.74) is 0.930. The summed E-state index contributed by atoms with van der Waals surface area (Å²) in [4.78, 5) is 15.1. The van der Waals surface area contributed by atoms with Gasteiger partial charge in [0.15, 0.2) is 0 Å². The Balaban J connectivity index is 2.31. The first-order valence-corrected chi connectivity index (χ1v) is 5.41. The Morgan fingerprint density at radius 1 is 1.64 bits per heavy atom. The monoisotopic (exact) mass is 274 g/mol. The SMILES string of the molecule is O=C1CC(c2cc(Br)cnc2Cl)CN1. The number of carbonyl (C=O) groups excluding carboxylic acids is 1. The molecule has 1 N–H and O–H groups in total. The van der Waals surface area contributed by atoms with E-state index in [9.17, 15) is 4.79 Å². The number of hydrogen-bond donors (Lipinski definition) is 1. The summed E-state index contributed by atoms with van der Waals surface area (Å²) in [6.45, 7) is 0.649. The zero-order valence-corrected chi connectivity index (χ0v) is 9.60. The Labute approximate surface area is 95.0 Å². The number of carbonyl (C=O) groups is 1. The van der Waals surface area contributed by atoms with Crippen LogP contribution in [0.1, 0.15) is 17.9 Å². The fourth-order valence-electron chi connectivity index (χ4n) is 1.55. The Morgan fingerprint density at radius 2 is 2.43 bits per heavy atom. The number of aromatic nitrogens is 1. The average molecular weight is 276 g/mol. The smallest absolute Gasteiger partial charge is 0.220 e. The Hall–Kier alpha value is -0.610. The van der Waals surface area contributed by atoms with Gasteiger partial charge < -0.3 is 5.32 Å². The molecule has 1 amide bonds. The highest BCUT2D eigenvalue weighted by Gasteiger charge is 2.25. The molecule has 74 valence electrons. The first kappa shape index (κ1) is 9.93. The van der Waals surface area contributed by atoms with Gasteiger partial charge in [0.05, 0.1) is 0 Å². The van der Waals surface area contributed by atoms with Crippen molar-refractivity contribution >= 4 is 33.4 Å². The zero-order valence-electron chi connectivity index (χ0n) is 7.26. The van der Waals surface area contributed by atoms with Crippen LogP contribution in [0.25, 0.3) is 0 Å². The van der Waals surface area contributed by atoms with E-state index < -0.39 is 0 Å². The van der Waals surface area contributed by atoms with Crippen molar-refractivity contribution in [3.05, 3.63) is 27.5 Å². The molecule has 5 heteroatoms. The lowest BCUT2D eigenvalue weighted by Crippen LogP contribution is -2.13. The molecule has 0 aromatic carbocycles. The summed E-state index contributed by atoms with van der Waals surface area (Å²) >= 11 is 9.28. The number of nitrogens with zero attached hydrogens (tertiary/aromatic N) is 1.